The van der Waals surface area contributed by atoms with Gasteiger partial charge in [0.2, 0.25) is 5.91 Å². The van der Waals surface area contributed by atoms with Gasteiger partial charge in [-0.1, -0.05) is 11.8 Å². The molecule has 0 saturated carbocycles. The molecular weight excluding hydrogens is 412 g/mol. The third-order valence-electron chi connectivity index (χ3n) is 4.48. The highest BCUT2D eigenvalue weighted by Crippen LogP contribution is 2.26. The zero-order chi connectivity index (χ0) is 20.8. The van der Waals surface area contributed by atoms with E-state index in [0.29, 0.717) is 29.0 Å². The van der Waals surface area contributed by atoms with Crippen LogP contribution in [0.25, 0.3) is 0 Å². The van der Waals surface area contributed by atoms with Gasteiger partial charge in [0.1, 0.15) is 10.8 Å². The predicted octanol–water partition coefficient (Wildman–Crippen LogP) is 1.61. The molecule has 2 N–H and O–H groups in total. The lowest BCUT2D eigenvalue weighted by molar-refractivity contribution is -0.118. The number of aromatic nitrogens is 4. The molecule has 2 atom stereocenters. The summed E-state index contributed by atoms with van der Waals surface area (Å²) in [7, 11) is 0. The molecule has 1 fully saturated rings. The second-order valence-corrected chi connectivity index (χ2v) is 8.59. The van der Waals surface area contributed by atoms with Gasteiger partial charge in [0.25, 0.3) is 0 Å². The Morgan fingerprint density at radius 2 is 2.34 bits per heavy atom. The summed E-state index contributed by atoms with van der Waals surface area (Å²) in [6.07, 6.45) is 2.55. The Balaban J connectivity index is 1.70. The number of thiazole rings is 1. The molecule has 3 heterocycles. The summed E-state index contributed by atoms with van der Waals surface area (Å²) in [5.41, 5.74) is 6.05. The van der Waals surface area contributed by atoms with Crippen molar-refractivity contribution in [3.05, 3.63) is 21.9 Å². The van der Waals surface area contributed by atoms with Gasteiger partial charge in [-0.05, 0) is 19.8 Å². The van der Waals surface area contributed by atoms with E-state index < -0.39 is 11.8 Å². The molecule has 11 heteroatoms. The lowest BCUT2D eigenvalue weighted by atomic mass is 10.1. The smallest absolute Gasteiger partial charge is 0.217 e. The molecule has 1 amide bonds. The van der Waals surface area contributed by atoms with Crippen LogP contribution in [0.1, 0.15) is 41.7 Å². The molecule has 0 spiro atoms. The molecule has 2 aromatic heterocycles. The Bertz CT molecular complexity index is 913. The van der Waals surface area contributed by atoms with Crippen molar-refractivity contribution in [3.8, 4) is 6.07 Å². The third-order valence-corrected chi connectivity index (χ3v) is 6.49. The highest BCUT2D eigenvalue weighted by Gasteiger charge is 2.26. The highest BCUT2D eigenvalue weighted by molar-refractivity contribution is 7.99. The quantitative estimate of drug-likeness (QED) is 0.557. The molecule has 154 valence electrons. The Hall–Kier alpha value is -2.29. The van der Waals surface area contributed by atoms with E-state index in [4.69, 9.17) is 10.5 Å². The van der Waals surface area contributed by atoms with Crippen molar-refractivity contribution in [3.63, 3.8) is 0 Å². The van der Waals surface area contributed by atoms with Gasteiger partial charge in [0.15, 0.2) is 16.9 Å². The highest BCUT2D eigenvalue weighted by atomic mass is 32.2. The van der Waals surface area contributed by atoms with Crippen molar-refractivity contribution in [2.75, 3.05) is 12.4 Å². The van der Waals surface area contributed by atoms with E-state index >= 15 is 0 Å². The Kier molecular flexibility index (Phi) is 7.35. The van der Waals surface area contributed by atoms with Crippen LogP contribution in [0, 0.1) is 18.3 Å². The van der Waals surface area contributed by atoms with Crippen molar-refractivity contribution in [1.82, 2.24) is 19.7 Å². The van der Waals surface area contributed by atoms with E-state index in [1.807, 2.05) is 22.9 Å². The fraction of sp³-hybridized carbons (Fsp3) is 0.556. The average Bonchev–Trinajstić information content (AvgIpc) is 3.42. The second-order valence-electron chi connectivity index (χ2n) is 6.75. The summed E-state index contributed by atoms with van der Waals surface area (Å²) in [6.45, 7) is 3.11. The Morgan fingerprint density at radius 3 is 2.97 bits per heavy atom. The summed E-state index contributed by atoms with van der Waals surface area (Å²) in [5, 5.41) is 20.7. The van der Waals surface area contributed by atoms with E-state index in [-0.39, 0.29) is 24.1 Å². The average molecular weight is 435 g/mol. The lowest BCUT2D eigenvalue weighted by Gasteiger charge is -2.14. The van der Waals surface area contributed by atoms with Crippen LogP contribution in [-0.4, -0.2) is 49.9 Å². The number of aryl methyl sites for hydroxylation is 2. The number of carbonyl (C=O) groups is 2. The molecule has 2 aromatic rings. The van der Waals surface area contributed by atoms with E-state index in [1.165, 1.54) is 23.1 Å². The summed E-state index contributed by atoms with van der Waals surface area (Å²) < 4.78 is 7.60. The second kappa shape index (κ2) is 9.96. The van der Waals surface area contributed by atoms with E-state index in [9.17, 15) is 14.9 Å². The molecule has 1 saturated heterocycles. The summed E-state index contributed by atoms with van der Waals surface area (Å²) in [6, 6.07) is 2.05. The van der Waals surface area contributed by atoms with Crippen LogP contribution in [0.15, 0.2) is 10.5 Å². The van der Waals surface area contributed by atoms with Crippen LogP contribution in [0.3, 0.4) is 0 Å². The lowest BCUT2D eigenvalue weighted by Crippen LogP contribution is -2.20. The Labute approximate surface area is 176 Å². The van der Waals surface area contributed by atoms with Gasteiger partial charge < -0.3 is 15.0 Å². The van der Waals surface area contributed by atoms with Crippen LogP contribution in [0.5, 0.6) is 0 Å². The van der Waals surface area contributed by atoms with Crippen LogP contribution in [0.2, 0.25) is 0 Å². The van der Waals surface area contributed by atoms with Crippen LogP contribution in [-0.2, 0) is 27.3 Å². The van der Waals surface area contributed by atoms with Gasteiger partial charge in [-0.15, -0.1) is 21.5 Å². The zero-order valence-corrected chi connectivity index (χ0v) is 17.7. The molecule has 0 bridgehead atoms. The van der Waals surface area contributed by atoms with Gasteiger partial charge in [0.05, 0.1) is 24.5 Å². The normalized spacial score (nSPS) is 17.2. The number of primary amides is 1. The number of thioether (sulfide) groups is 1. The van der Waals surface area contributed by atoms with Crippen molar-refractivity contribution in [2.45, 2.75) is 56.3 Å². The molecular formula is C18H22N6O3S2. The van der Waals surface area contributed by atoms with Gasteiger partial charge in [0, 0.05) is 30.5 Å². The molecule has 0 aromatic carbocycles. The topological polar surface area (TPSA) is 137 Å². The van der Waals surface area contributed by atoms with Gasteiger partial charge in [-0.25, -0.2) is 4.98 Å². The molecule has 9 nitrogen and oxygen atoms in total. The van der Waals surface area contributed by atoms with Crippen molar-refractivity contribution in [1.29, 1.82) is 5.26 Å². The largest absolute Gasteiger partial charge is 0.376 e. The number of rotatable bonds is 10. The fourth-order valence-corrected chi connectivity index (χ4v) is 4.74. The van der Waals surface area contributed by atoms with E-state index in [0.717, 1.165) is 25.1 Å². The number of Topliss-reactive ketones (excluding diaryl/α,β-unsaturated/α-hetero) is 1. The predicted molar refractivity (Wildman–Crippen MR) is 107 cm³/mol. The molecule has 1 aliphatic rings. The molecule has 0 aliphatic carbocycles. The minimum absolute atomic E-state index is 0.0542. The maximum atomic E-state index is 12.6. The first-order valence-corrected chi connectivity index (χ1v) is 11.1. The number of ketones is 1. The third kappa shape index (κ3) is 5.62. The maximum Gasteiger partial charge on any atom is 0.217 e. The zero-order valence-electron chi connectivity index (χ0n) is 16.0. The number of amides is 1. The first-order valence-electron chi connectivity index (χ1n) is 9.27. The monoisotopic (exact) mass is 434 g/mol. The number of hydrogen-bond donors (Lipinski definition) is 1. The fourth-order valence-electron chi connectivity index (χ4n) is 3.01. The SMILES string of the molecule is Cc1csc(C(C#N)C(=O)CSc2nnc(CCC(N)=O)n2CC2CCCO2)n1. The molecule has 2 unspecified atom stereocenters. The summed E-state index contributed by atoms with van der Waals surface area (Å²) >= 11 is 2.55. The standard InChI is InChI=1S/C18H22N6O3S2/c1-11-9-28-17(21-11)13(7-19)14(25)10-29-18-23-22-16(5-4-15(20)26)24(18)8-12-3-2-6-27-12/h9,12-13H,2-6,8,10H2,1H3,(H2,20,26). The van der Waals surface area contributed by atoms with Gasteiger partial charge in [-0.3, -0.25) is 9.59 Å². The van der Waals surface area contributed by atoms with Crippen molar-refractivity contribution in [2.24, 2.45) is 5.73 Å². The van der Waals surface area contributed by atoms with Crippen molar-refractivity contribution >= 4 is 34.8 Å². The molecule has 3 rings (SSSR count). The number of nitrogens with zero attached hydrogens (tertiary/aromatic N) is 5. The van der Waals surface area contributed by atoms with Crippen LogP contribution in [0.4, 0.5) is 0 Å². The molecule has 1 aliphatic heterocycles. The number of nitrogens with two attached hydrogens (primary N) is 1. The minimum atomic E-state index is -0.884. The van der Waals surface area contributed by atoms with Crippen molar-refractivity contribution < 1.29 is 14.3 Å². The molecule has 29 heavy (non-hydrogen) atoms. The first kappa shape index (κ1) is 21.4. The maximum absolute atomic E-state index is 12.6. The van der Waals surface area contributed by atoms with E-state index in [1.54, 1.807) is 0 Å². The van der Waals surface area contributed by atoms with Gasteiger partial charge in [-0.2, -0.15) is 5.26 Å². The Morgan fingerprint density at radius 1 is 1.52 bits per heavy atom. The first-order chi connectivity index (χ1) is 14.0. The number of carbonyl (C=O) groups excluding carboxylic acids is 2. The number of ether oxygens (including phenoxy) is 1. The molecule has 0 radical (unpaired) electrons. The summed E-state index contributed by atoms with van der Waals surface area (Å²) in [4.78, 5) is 28.0. The van der Waals surface area contributed by atoms with E-state index in [2.05, 4.69) is 15.2 Å². The van der Waals surface area contributed by atoms with Crippen LogP contribution < -0.4 is 5.73 Å². The van der Waals surface area contributed by atoms with Gasteiger partial charge >= 0.3 is 0 Å². The number of hydrogen-bond acceptors (Lipinski definition) is 9. The summed E-state index contributed by atoms with van der Waals surface area (Å²) in [5.74, 6) is -0.795. The minimum Gasteiger partial charge on any atom is -0.376 e. The number of nitriles is 1. The van der Waals surface area contributed by atoms with Crippen LogP contribution >= 0.6 is 23.1 Å².